The van der Waals surface area contributed by atoms with Gasteiger partial charge in [-0.15, -0.1) is 0 Å². The highest BCUT2D eigenvalue weighted by Crippen LogP contribution is 2.29. The van der Waals surface area contributed by atoms with E-state index in [0.29, 0.717) is 29.5 Å². The van der Waals surface area contributed by atoms with E-state index in [0.717, 1.165) is 37.3 Å². The lowest BCUT2D eigenvalue weighted by Crippen LogP contribution is -2.27. The molecule has 40 heavy (non-hydrogen) atoms. The van der Waals surface area contributed by atoms with E-state index in [1.807, 2.05) is 25.2 Å². The van der Waals surface area contributed by atoms with Gasteiger partial charge in [-0.05, 0) is 67.3 Å². The highest BCUT2D eigenvalue weighted by Gasteiger charge is 2.31. The molecule has 2 aromatic carbocycles. The molecule has 0 N–H and O–H groups in total. The van der Waals surface area contributed by atoms with Crippen molar-refractivity contribution in [2.24, 2.45) is 0 Å². The number of aryl methyl sites for hydroxylation is 1. The van der Waals surface area contributed by atoms with E-state index >= 15 is 0 Å². The Kier molecular flexibility index (Phi) is 11.7. The topological polar surface area (TPSA) is 61.3 Å². The van der Waals surface area contributed by atoms with Crippen LogP contribution in [0.25, 0.3) is 11.4 Å². The molecule has 0 aliphatic carbocycles. The van der Waals surface area contributed by atoms with Crippen molar-refractivity contribution in [3.05, 3.63) is 72.1 Å². The third-order valence-corrected chi connectivity index (χ3v) is 10.1. The maximum Gasteiger partial charge on any atom is 0.388 e. The van der Waals surface area contributed by atoms with Crippen LogP contribution in [0.2, 0.25) is 25.2 Å². The minimum Gasteiger partial charge on any atom is -0.490 e. The molecule has 0 saturated heterocycles. The highest BCUT2D eigenvalue weighted by molar-refractivity contribution is 6.77. The van der Waals surface area contributed by atoms with E-state index in [1.165, 1.54) is 18.4 Å². The van der Waals surface area contributed by atoms with Crippen LogP contribution >= 0.6 is 0 Å². The van der Waals surface area contributed by atoms with Crippen LogP contribution in [-0.2, 0) is 6.42 Å². The SMILES string of the molecule is CCCCCc1ccc(C(=O)Oc2ccc(-c3ncc(OCCCC[Si](C)(C)CCC(F)(F)F)cn3)cc2)cc1. The van der Waals surface area contributed by atoms with Crippen LogP contribution in [0, 0.1) is 0 Å². The van der Waals surface area contributed by atoms with Crippen molar-refractivity contribution < 1.29 is 27.4 Å². The lowest BCUT2D eigenvalue weighted by atomic mass is 10.1. The first-order valence-corrected chi connectivity index (χ1v) is 17.4. The number of aromatic nitrogens is 2. The molecule has 0 bridgehead atoms. The monoisotopic (exact) mass is 572 g/mol. The summed E-state index contributed by atoms with van der Waals surface area (Å²) in [6.07, 6.45) is 4.59. The molecule has 0 aliphatic rings. The fourth-order valence-corrected chi connectivity index (χ4v) is 6.68. The number of hydrogen-bond acceptors (Lipinski definition) is 5. The Balaban J connectivity index is 1.42. The summed E-state index contributed by atoms with van der Waals surface area (Å²) in [6, 6.07) is 15.7. The third-order valence-electron chi connectivity index (χ3n) is 6.81. The minimum absolute atomic E-state index is 0.267. The Morgan fingerprint density at radius 2 is 1.52 bits per heavy atom. The fourth-order valence-electron chi connectivity index (χ4n) is 4.27. The number of rotatable bonds is 15. The molecule has 0 radical (unpaired) electrons. The molecule has 1 heterocycles. The van der Waals surface area contributed by atoms with Gasteiger partial charge >= 0.3 is 12.1 Å². The van der Waals surface area contributed by atoms with Crippen LogP contribution in [-0.4, -0.2) is 36.8 Å². The van der Waals surface area contributed by atoms with E-state index in [2.05, 4.69) is 16.9 Å². The summed E-state index contributed by atoms with van der Waals surface area (Å²) < 4.78 is 48.7. The normalized spacial score (nSPS) is 11.8. The van der Waals surface area contributed by atoms with Crippen LogP contribution in [0.5, 0.6) is 11.5 Å². The summed E-state index contributed by atoms with van der Waals surface area (Å²) in [5.74, 6) is 1.09. The number of halogens is 3. The molecule has 0 amide bonds. The number of alkyl halides is 3. The zero-order valence-corrected chi connectivity index (χ0v) is 24.6. The molecule has 1 aromatic heterocycles. The van der Waals surface area contributed by atoms with Gasteiger partial charge in [0.25, 0.3) is 0 Å². The minimum atomic E-state index is -4.07. The van der Waals surface area contributed by atoms with E-state index in [1.54, 1.807) is 48.8 Å². The molecule has 0 aliphatic heterocycles. The number of esters is 1. The molecule has 0 fully saturated rings. The van der Waals surface area contributed by atoms with Crippen LogP contribution in [0.4, 0.5) is 13.2 Å². The van der Waals surface area contributed by atoms with Crippen molar-refractivity contribution in [1.82, 2.24) is 9.97 Å². The van der Waals surface area contributed by atoms with Crippen molar-refractivity contribution >= 4 is 14.0 Å². The fraction of sp³-hybridized carbons (Fsp3) is 0.452. The first kappa shape index (κ1) is 31.3. The number of nitrogens with zero attached hydrogens (tertiary/aromatic N) is 2. The molecule has 9 heteroatoms. The average molecular weight is 573 g/mol. The van der Waals surface area contributed by atoms with Gasteiger partial charge in [-0.25, -0.2) is 14.8 Å². The molecule has 216 valence electrons. The maximum atomic E-state index is 12.5. The van der Waals surface area contributed by atoms with Gasteiger partial charge in [-0.3, -0.25) is 0 Å². The summed E-state index contributed by atoms with van der Waals surface area (Å²) in [6.45, 7) is 6.66. The Bertz CT molecular complexity index is 1180. The van der Waals surface area contributed by atoms with Gasteiger partial charge in [-0.1, -0.05) is 57.5 Å². The number of carbonyl (C=O) groups excluding carboxylic acids is 1. The smallest absolute Gasteiger partial charge is 0.388 e. The Morgan fingerprint density at radius 1 is 0.850 bits per heavy atom. The largest absolute Gasteiger partial charge is 0.490 e. The van der Waals surface area contributed by atoms with Crippen molar-refractivity contribution in [3.63, 3.8) is 0 Å². The average Bonchev–Trinajstić information content (AvgIpc) is 2.93. The highest BCUT2D eigenvalue weighted by atomic mass is 28.3. The number of hydrogen-bond donors (Lipinski definition) is 0. The second-order valence-corrected chi connectivity index (χ2v) is 16.2. The molecule has 5 nitrogen and oxygen atoms in total. The predicted molar refractivity (Wildman–Crippen MR) is 155 cm³/mol. The molecule has 3 rings (SSSR count). The van der Waals surface area contributed by atoms with Crippen molar-refractivity contribution in [3.8, 4) is 22.9 Å². The molecular weight excluding hydrogens is 533 g/mol. The number of unbranched alkanes of at least 4 members (excludes halogenated alkanes) is 3. The van der Waals surface area contributed by atoms with E-state index < -0.39 is 26.6 Å². The number of carbonyl (C=O) groups is 1. The van der Waals surface area contributed by atoms with Crippen LogP contribution in [0.1, 0.15) is 61.4 Å². The zero-order chi connectivity index (χ0) is 29.0. The Morgan fingerprint density at radius 3 is 2.15 bits per heavy atom. The Hall–Kier alpha value is -3.20. The van der Waals surface area contributed by atoms with E-state index in [9.17, 15) is 18.0 Å². The summed E-state index contributed by atoms with van der Waals surface area (Å²) in [4.78, 5) is 21.2. The van der Waals surface area contributed by atoms with Crippen LogP contribution in [0.15, 0.2) is 60.9 Å². The summed E-state index contributed by atoms with van der Waals surface area (Å²) in [5.41, 5.74) is 2.50. The molecule has 0 unspecified atom stereocenters. The van der Waals surface area contributed by atoms with E-state index in [4.69, 9.17) is 9.47 Å². The van der Waals surface area contributed by atoms with Gasteiger partial charge in [0.15, 0.2) is 11.6 Å². The van der Waals surface area contributed by atoms with Crippen molar-refractivity contribution in [1.29, 1.82) is 0 Å². The van der Waals surface area contributed by atoms with Crippen LogP contribution in [0.3, 0.4) is 0 Å². The summed E-state index contributed by atoms with van der Waals surface area (Å²) in [7, 11) is -1.85. The van der Waals surface area contributed by atoms with Gasteiger partial charge in [0.1, 0.15) is 5.75 Å². The van der Waals surface area contributed by atoms with Gasteiger partial charge in [-0.2, -0.15) is 13.2 Å². The van der Waals surface area contributed by atoms with Gasteiger partial charge < -0.3 is 9.47 Å². The lowest BCUT2D eigenvalue weighted by Gasteiger charge is -2.23. The summed E-state index contributed by atoms with van der Waals surface area (Å²) >= 11 is 0. The molecular formula is C31H39F3N2O3Si. The van der Waals surface area contributed by atoms with Gasteiger partial charge in [0.2, 0.25) is 0 Å². The standard InChI is InChI=1S/C31H39F3N2O3Si/c1-4-5-6-9-24-10-12-26(13-11-24)30(37)39-27-16-14-25(15-17-27)29-35-22-28(23-36-29)38-19-7-8-20-40(2,3)21-18-31(32,33)34/h10-17,22-23H,4-9,18-21H2,1-3H3. The molecule has 0 saturated carbocycles. The van der Waals surface area contributed by atoms with Crippen LogP contribution < -0.4 is 9.47 Å². The molecule has 0 atom stereocenters. The second kappa shape index (κ2) is 15.0. The third kappa shape index (κ3) is 11.1. The quantitative estimate of drug-likeness (QED) is 0.0787. The van der Waals surface area contributed by atoms with Gasteiger partial charge in [0, 0.05) is 20.1 Å². The summed E-state index contributed by atoms with van der Waals surface area (Å²) in [5, 5.41) is 0. The number of ether oxygens (including phenoxy) is 2. The first-order valence-electron chi connectivity index (χ1n) is 14.0. The molecule has 0 spiro atoms. The maximum absolute atomic E-state index is 12.5. The molecule has 3 aromatic rings. The number of benzene rings is 2. The van der Waals surface area contributed by atoms with Crippen molar-refractivity contribution in [2.75, 3.05) is 6.61 Å². The predicted octanol–water partition coefficient (Wildman–Crippen LogP) is 8.92. The first-order chi connectivity index (χ1) is 19.0. The lowest BCUT2D eigenvalue weighted by molar-refractivity contribution is -0.130. The second-order valence-electron chi connectivity index (χ2n) is 10.9. The van der Waals surface area contributed by atoms with Crippen molar-refractivity contribution in [2.45, 2.75) is 83.2 Å². The van der Waals surface area contributed by atoms with Gasteiger partial charge in [0.05, 0.1) is 24.6 Å². The Labute approximate surface area is 236 Å². The zero-order valence-electron chi connectivity index (χ0n) is 23.6. The van der Waals surface area contributed by atoms with E-state index in [-0.39, 0.29) is 6.04 Å².